The molecule has 0 radical (unpaired) electrons. The molecule has 224 valence electrons. The molecule has 1 aromatic rings. The number of esters is 1. The number of hydrogen-bond acceptors (Lipinski definition) is 8. The van der Waals surface area contributed by atoms with Crippen LogP contribution in [0.4, 0.5) is 0 Å². The minimum absolute atomic E-state index is 0.216. The molecule has 0 fully saturated rings. The predicted molar refractivity (Wildman–Crippen MR) is 169 cm³/mol. The molecule has 0 aromatic carbocycles. The van der Waals surface area contributed by atoms with E-state index in [1.807, 2.05) is 45.1 Å². The van der Waals surface area contributed by atoms with E-state index in [-0.39, 0.29) is 18.1 Å². The molecule has 0 aliphatic carbocycles. The van der Waals surface area contributed by atoms with Gasteiger partial charge in [-0.15, -0.1) is 0 Å². The zero-order chi connectivity index (χ0) is 30.8. The molecule has 5 rings (SSSR count). The molecule has 0 saturated heterocycles. The first kappa shape index (κ1) is 30.1. The number of aliphatic hydroxyl groups is 1. The lowest BCUT2D eigenvalue weighted by Gasteiger charge is -2.08. The first-order chi connectivity index (χ1) is 20.6. The molecular formula is C34H38N4O5. The van der Waals surface area contributed by atoms with Gasteiger partial charge in [-0.05, 0) is 118 Å². The van der Waals surface area contributed by atoms with Crippen LogP contribution in [0.2, 0.25) is 0 Å². The van der Waals surface area contributed by atoms with Crippen LogP contribution in [0.3, 0.4) is 0 Å². The molecule has 43 heavy (non-hydrogen) atoms. The number of nitrogens with one attached hydrogen (secondary N) is 1. The van der Waals surface area contributed by atoms with Crippen LogP contribution < -0.4 is 10.7 Å². The van der Waals surface area contributed by atoms with Crippen LogP contribution in [0, 0.1) is 6.92 Å². The number of aliphatic hydroxyl groups excluding tert-OH is 1. The summed E-state index contributed by atoms with van der Waals surface area (Å²) in [6.07, 6.45) is 10.2. The van der Waals surface area contributed by atoms with Crippen LogP contribution in [0.15, 0.2) is 89.5 Å². The first-order valence-electron chi connectivity index (χ1n) is 14.4. The molecule has 9 heteroatoms. The number of aliphatic imine (C=N–C) groups is 3. The maximum Gasteiger partial charge on any atom is 0.305 e. The summed E-state index contributed by atoms with van der Waals surface area (Å²) in [6.45, 7) is 10.3. The number of hydrogen-bond donors (Lipinski definition) is 2. The van der Waals surface area contributed by atoms with E-state index in [1.54, 1.807) is 6.92 Å². The second-order valence-electron chi connectivity index (χ2n) is 11.0. The molecule has 0 saturated carbocycles. The number of methoxy groups -OCH3 is 1. The minimum atomic E-state index is -0.264. The number of aryl methyl sites for hydroxylation is 1. The van der Waals surface area contributed by atoms with Crippen LogP contribution in [0.25, 0.3) is 12.2 Å². The smallest absolute Gasteiger partial charge is 0.305 e. The van der Waals surface area contributed by atoms with Gasteiger partial charge in [0, 0.05) is 22.7 Å². The number of allylic oxidation sites excluding steroid dienone is 9. The number of fused-ring (bicyclic) bond motifs is 5. The number of carbonyl (C=O) groups is 1. The van der Waals surface area contributed by atoms with Crippen molar-refractivity contribution in [2.75, 3.05) is 20.8 Å². The molecule has 0 amide bonds. The summed E-state index contributed by atoms with van der Waals surface area (Å²) in [5.41, 5.74) is 11.5. The van der Waals surface area contributed by atoms with E-state index < -0.39 is 0 Å². The van der Waals surface area contributed by atoms with Crippen molar-refractivity contribution in [3.05, 3.63) is 90.8 Å². The van der Waals surface area contributed by atoms with E-state index in [9.17, 15) is 9.90 Å². The SMILES string of the molecule is COOCCCC1=C(C)C2=CC3=C(C)C(=C(C)O)C(=N3)C=c3[nH]c(cc3C)=CC3=NC(=CC1=N2)C(CCC(=O)OC)=C3C. The normalized spacial score (nSPS) is 19.1. The summed E-state index contributed by atoms with van der Waals surface area (Å²) >= 11 is 0. The third-order valence-corrected chi connectivity index (χ3v) is 8.17. The minimum Gasteiger partial charge on any atom is -0.512 e. The Hall–Kier alpha value is -4.34. The van der Waals surface area contributed by atoms with Crippen LogP contribution >= 0.6 is 0 Å². The average Bonchev–Trinajstić information content (AvgIpc) is 3.65. The van der Waals surface area contributed by atoms with Gasteiger partial charge in [0.1, 0.15) is 0 Å². The lowest BCUT2D eigenvalue weighted by atomic mass is 9.96. The Balaban J connectivity index is 1.74. The lowest BCUT2D eigenvalue weighted by Crippen LogP contribution is -2.15. The Morgan fingerprint density at radius 1 is 0.860 bits per heavy atom. The summed E-state index contributed by atoms with van der Waals surface area (Å²) in [5, 5.41) is 12.4. The summed E-state index contributed by atoms with van der Waals surface area (Å²) in [7, 11) is 2.91. The van der Waals surface area contributed by atoms with Crippen molar-refractivity contribution < 1.29 is 24.4 Å². The molecule has 5 heterocycles. The van der Waals surface area contributed by atoms with Crippen molar-refractivity contribution in [2.45, 2.75) is 60.3 Å². The van der Waals surface area contributed by atoms with Gasteiger partial charge in [-0.1, -0.05) is 0 Å². The maximum atomic E-state index is 12.1. The van der Waals surface area contributed by atoms with Gasteiger partial charge >= 0.3 is 5.97 Å². The maximum absolute atomic E-state index is 12.1. The van der Waals surface area contributed by atoms with E-state index in [4.69, 9.17) is 29.5 Å². The summed E-state index contributed by atoms with van der Waals surface area (Å²) in [6, 6.07) is 2.07. The van der Waals surface area contributed by atoms with E-state index in [0.717, 1.165) is 91.1 Å². The van der Waals surface area contributed by atoms with E-state index in [0.29, 0.717) is 18.7 Å². The average molecular weight is 583 g/mol. The van der Waals surface area contributed by atoms with Gasteiger partial charge in [0.15, 0.2) is 0 Å². The molecule has 9 nitrogen and oxygen atoms in total. The van der Waals surface area contributed by atoms with Gasteiger partial charge in [-0.25, -0.2) is 24.8 Å². The van der Waals surface area contributed by atoms with Crippen molar-refractivity contribution >= 4 is 35.3 Å². The van der Waals surface area contributed by atoms with Crippen LogP contribution in [0.1, 0.15) is 58.9 Å². The molecule has 0 spiro atoms. The Morgan fingerprint density at radius 3 is 2.35 bits per heavy atom. The van der Waals surface area contributed by atoms with E-state index >= 15 is 0 Å². The Bertz CT molecular complexity index is 1800. The van der Waals surface area contributed by atoms with Crippen LogP contribution in [-0.4, -0.2) is 54.0 Å². The molecular weight excluding hydrogens is 544 g/mol. The standard InChI is InChI=1S/C34H38N4O5/c1-18-13-23-14-27-20(3)25(10-11-33(40)41-6)31(36-27)17-30-24(9-8-12-43-42-7)19(2)28(37-30)16-29-21(4)34(22(5)39)32(38-29)15-26(18)35-23/h13-17,35,39H,8-12H2,1-7H3. The topological polar surface area (TPSA) is 118 Å². The van der Waals surface area contributed by atoms with Gasteiger partial charge in [0.05, 0.1) is 60.8 Å². The fraction of sp³-hybridized carbons (Fsp3) is 0.353. The van der Waals surface area contributed by atoms with Crippen molar-refractivity contribution in [2.24, 2.45) is 15.0 Å². The lowest BCUT2D eigenvalue weighted by molar-refractivity contribution is -0.272. The number of H-pyrrole nitrogens is 1. The highest BCUT2D eigenvalue weighted by molar-refractivity contribution is 6.25. The van der Waals surface area contributed by atoms with Gasteiger partial charge in [-0.2, -0.15) is 0 Å². The Kier molecular flexibility index (Phi) is 8.75. The second kappa shape index (κ2) is 12.5. The third-order valence-electron chi connectivity index (χ3n) is 8.17. The van der Waals surface area contributed by atoms with Gasteiger partial charge in [0.2, 0.25) is 0 Å². The van der Waals surface area contributed by atoms with Gasteiger partial charge < -0.3 is 14.8 Å². The molecule has 0 atom stereocenters. The van der Waals surface area contributed by atoms with Crippen molar-refractivity contribution in [3.63, 3.8) is 0 Å². The highest BCUT2D eigenvalue weighted by Crippen LogP contribution is 2.36. The second-order valence-corrected chi connectivity index (χ2v) is 11.0. The monoisotopic (exact) mass is 582 g/mol. The first-order valence-corrected chi connectivity index (χ1v) is 14.4. The number of aromatic nitrogens is 1. The summed E-state index contributed by atoms with van der Waals surface area (Å²) < 4.78 is 4.93. The summed E-state index contributed by atoms with van der Waals surface area (Å²) in [4.78, 5) is 40.6. The van der Waals surface area contributed by atoms with Crippen molar-refractivity contribution in [1.82, 2.24) is 4.98 Å². The number of carbonyl (C=O) groups excluding carboxylic acids is 1. The van der Waals surface area contributed by atoms with E-state index in [1.165, 1.54) is 14.2 Å². The fourth-order valence-corrected chi connectivity index (χ4v) is 5.79. The number of ether oxygens (including phenoxy) is 1. The van der Waals surface area contributed by atoms with Crippen LogP contribution in [-0.2, 0) is 19.3 Å². The zero-order valence-electron chi connectivity index (χ0n) is 25.8. The van der Waals surface area contributed by atoms with Gasteiger partial charge in [-0.3, -0.25) is 4.79 Å². The van der Waals surface area contributed by atoms with Gasteiger partial charge in [0.25, 0.3) is 0 Å². The molecule has 0 unspecified atom stereocenters. The quantitative estimate of drug-likeness (QED) is 0.146. The van der Waals surface area contributed by atoms with Crippen molar-refractivity contribution in [1.29, 1.82) is 0 Å². The predicted octanol–water partition coefficient (Wildman–Crippen LogP) is 5.08. The number of aromatic amines is 1. The molecule has 2 N–H and O–H groups in total. The Morgan fingerprint density at radius 2 is 1.63 bits per heavy atom. The largest absolute Gasteiger partial charge is 0.512 e. The highest BCUT2D eigenvalue weighted by Gasteiger charge is 2.27. The molecule has 8 bridgehead atoms. The molecule has 4 aliphatic heterocycles. The number of nitrogens with zero attached hydrogens (tertiary/aromatic N) is 3. The van der Waals surface area contributed by atoms with Crippen LogP contribution in [0.5, 0.6) is 0 Å². The van der Waals surface area contributed by atoms with E-state index in [2.05, 4.69) is 18.0 Å². The third kappa shape index (κ3) is 6.09. The fourth-order valence-electron chi connectivity index (χ4n) is 5.79. The summed E-state index contributed by atoms with van der Waals surface area (Å²) in [5.74, 6) is -0.0479. The molecule has 1 aromatic heterocycles. The number of rotatable bonds is 8. The highest BCUT2D eigenvalue weighted by atomic mass is 17.2. The van der Waals surface area contributed by atoms with Crippen molar-refractivity contribution in [3.8, 4) is 0 Å². The zero-order valence-corrected chi connectivity index (χ0v) is 25.8. The Labute approximate surface area is 251 Å². The molecule has 4 aliphatic rings.